The lowest BCUT2D eigenvalue weighted by Crippen LogP contribution is -2.17. The number of nitrogens with zero attached hydrogens (tertiary/aromatic N) is 2. The zero-order chi connectivity index (χ0) is 21.6. The number of aromatic nitrogens is 2. The highest BCUT2D eigenvalue weighted by Crippen LogP contribution is 2.21. The number of benzene rings is 1. The van der Waals surface area contributed by atoms with Gasteiger partial charge in [0.25, 0.3) is 0 Å². The fraction of sp³-hybridized carbons (Fsp3) is 0.583. The van der Waals surface area contributed by atoms with E-state index in [0.29, 0.717) is 36.8 Å². The number of aliphatic hydroxyl groups excluding tert-OH is 1. The van der Waals surface area contributed by atoms with Crippen LogP contribution in [0.25, 0.3) is 11.4 Å². The second-order valence-electron chi connectivity index (χ2n) is 7.60. The van der Waals surface area contributed by atoms with E-state index in [1.165, 1.54) is 0 Å². The Morgan fingerprint density at radius 2 is 1.57 bits per heavy atom. The molecule has 5 nitrogen and oxygen atoms in total. The maximum absolute atomic E-state index is 13.7. The first-order chi connectivity index (χ1) is 14.6. The van der Waals surface area contributed by atoms with Gasteiger partial charge in [-0.3, -0.25) is 0 Å². The number of unbranched alkanes of at least 4 members (excludes halogenated alkanes) is 3. The third kappa shape index (κ3) is 9.08. The van der Waals surface area contributed by atoms with Crippen LogP contribution in [0.15, 0.2) is 36.7 Å². The average molecular weight is 419 g/mol. The molecule has 0 spiro atoms. The predicted octanol–water partition coefficient (Wildman–Crippen LogP) is 5.76. The van der Waals surface area contributed by atoms with Crippen molar-refractivity contribution in [2.45, 2.75) is 77.5 Å². The van der Waals surface area contributed by atoms with Crippen LogP contribution in [0, 0.1) is 0 Å². The lowest BCUT2D eigenvalue weighted by Gasteiger charge is -2.12. The Morgan fingerprint density at radius 1 is 0.867 bits per heavy atom. The second kappa shape index (κ2) is 13.9. The number of rotatable bonds is 15. The van der Waals surface area contributed by atoms with Crippen molar-refractivity contribution in [3.05, 3.63) is 36.7 Å². The van der Waals surface area contributed by atoms with E-state index in [-0.39, 0.29) is 6.61 Å². The molecule has 0 saturated carbocycles. The minimum Gasteiger partial charge on any atom is -0.493 e. The minimum absolute atomic E-state index is 0.247. The summed E-state index contributed by atoms with van der Waals surface area (Å²) in [6.07, 6.45) is 8.91. The molecule has 2 aromatic rings. The van der Waals surface area contributed by atoms with Gasteiger partial charge in [0.15, 0.2) is 11.6 Å². The van der Waals surface area contributed by atoms with Gasteiger partial charge in [-0.1, -0.05) is 46.0 Å². The molecule has 6 heteroatoms. The Labute approximate surface area is 179 Å². The third-order valence-corrected chi connectivity index (χ3v) is 4.89. The molecule has 1 heterocycles. The highest BCUT2D eigenvalue weighted by atomic mass is 19.1. The van der Waals surface area contributed by atoms with E-state index in [1.54, 1.807) is 12.4 Å². The Kier molecular flexibility index (Phi) is 11.2. The normalized spacial score (nSPS) is 13.1. The number of halogens is 1. The summed E-state index contributed by atoms with van der Waals surface area (Å²) in [5.74, 6) is 1.83. The maximum atomic E-state index is 13.7. The van der Waals surface area contributed by atoms with E-state index in [0.717, 1.165) is 44.1 Å². The van der Waals surface area contributed by atoms with Crippen molar-refractivity contribution in [2.75, 3.05) is 13.2 Å². The van der Waals surface area contributed by atoms with Crippen LogP contribution in [0.4, 0.5) is 4.39 Å². The quantitative estimate of drug-likeness (QED) is 0.373. The molecule has 0 aliphatic heterocycles. The van der Waals surface area contributed by atoms with Gasteiger partial charge in [-0.25, -0.2) is 14.4 Å². The van der Waals surface area contributed by atoms with Crippen LogP contribution in [-0.2, 0) is 0 Å². The first-order valence-electron chi connectivity index (χ1n) is 11.1. The van der Waals surface area contributed by atoms with E-state index < -0.39 is 12.3 Å². The molecule has 30 heavy (non-hydrogen) atoms. The van der Waals surface area contributed by atoms with Crippen LogP contribution in [0.3, 0.4) is 0 Å². The average Bonchev–Trinajstić information content (AvgIpc) is 2.77. The molecule has 1 aromatic carbocycles. The summed E-state index contributed by atoms with van der Waals surface area (Å²) in [7, 11) is 0. The molecule has 0 bridgehead atoms. The van der Waals surface area contributed by atoms with Gasteiger partial charge in [-0.05, 0) is 37.1 Å². The van der Waals surface area contributed by atoms with Crippen molar-refractivity contribution in [1.29, 1.82) is 0 Å². The number of ether oxygens (including phenoxy) is 2. The zero-order valence-corrected chi connectivity index (χ0v) is 18.2. The van der Waals surface area contributed by atoms with Crippen LogP contribution in [0.2, 0.25) is 0 Å². The second-order valence-corrected chi connectivity index (χ2v) is 7.60. The lowest BCUT2D eigenvalue weighted by molar-refractivity contribution is 0.0972. The maximum Gasteiger partial charge on any atom is 0.159 e. The molecule has 2 rings (SSSR count). The predicted molar refractivity (Wildman–Crippen MR) is 118 cm³/mol. The van der Waals surface area contributed by atoms with Crippen molar-refractivity contribution in [3.8, 4) is 22.9 Å². The van der Waals surface area contributed by atoms with Crippen molar-refractivity contribution >= 4 is 0 Å². The monoisotopic (exact) mass is 418 g/mol. The molecule has 0 fully saturated rings. The molecule has 0 aliphatic rings. The van der Waals surface area contributed by atoms with Crippen molar-refractivity contribution < 1.29 is 19.0 Å². The molecular formula is C24H35FN2O3. The smallest absolute Gasteiger partial charge is 0.159 e. The van der Waals surface area contributed by atoms with Crippen LogP contribution in [-0.4, -0.2) is 40.6 Å². The van der Waals surface area contributed by atoms with E-state index in [2.05, 4.69) is 23.8 Å². The van der Waals surface area contributed by atoms with Crippen molar-refractivity contribution in [3.63, 3.8) is 0 Å². The number of aliphatic hydroxyl groups is 1. The molecule has 1 aromatic heterocycles. The minimum atomic E-state index is -0.796. The first-order valence-corrected chi connectivity index (χ1v) is 11.1. The Hall–Kier alpha value is -2.21. The van der Waals surface area contributed by atoms with E-state index in [4.69, 9.17) is 9.47 Å². The van der Waals surface area contributed by atoms with Gasteiger partial charge in [-0.15, -0.1) is 0 Å². The van der Waals surface area contributed by atoms with Gasteiger partial charge in [0.05, 0.1) is 25.1 Å². The summed E-state index contributed by atoms with van der Waals surface area (Å²) in [6, 6.07) is 7.45. The van der Waals surface area contributed by atoms with Gasteiger partial charge in [0, 0.05) is 12.0 Å². The van der Waals surface area contributed by atoms with Crippen molar-refractivity contribution in [1.82, 2.24) is 9.97 Å². The largest absolute Gasteiger partial charge is 0.493 e. The Balaban J connectivity index is 1.76. The summed E-state index contributed by atoms with van der Waals surface area (Å²) in [6.45, 7) is 4.82. The fourth-order valence-corrected chi connectivity index (χ4v) is 3.02. The topological polar surface area (TPSA) is 64.5 Å². The Morgan fingerprint density at radius 3 is 2.23 bits per heavy atom. The molecule has 0 radical (unpaired) electrons. The number of hydrogen-bond donors (Lipinski definition) is 1. The summed E-state index contributed by atoms with van der Waals surface area (Å²) < 4.78 is 24.9. The molecule has 0 saturated heterocycles. The summed E-state index contributed by atoms with van der Waals surface area (Å²) >= 11 is 0. The van der Waals surface area contributed by atoms with Crippen LogP contribution in [0.5, 0.6) is 11.5 Å². The molecule has 0 aliphatic carbocycles. The molecule has 0 amide bonds. The van der Waals surface area contributed by atoms with E-state index >= 15 is 0 Å². The van der Waals surface area contributed by atoms with Crippen LogP contribution >= 0.6 is 0 Å². The fourth-order valence-electron chi connectivity index (χ4n) is 3.02. The highest BCUT2D eigenvalue weighted by molar-refractivity contribution is 5.56. The highest BCUT2D eigenvalue weighted by Gasteiger charge is 2.08. The van der Waals surface area contributed by atoms with Gasteiger partial charge in [0.2, 0.25) is 0 Å². The third-order valence-electron chi connectivity index (χ3n) is 4.89. The van der Waals surface area contributed by atoms with Gasteiger partial charge in [0.1, 0.15) is 18.5 Å². The lowest BCUT2D eigenvalue weighted by atomic mass is 10.1. The SMILES string of the molecule is CCCCC[C@H](O)COc1cnc(-c2ccc(OCC[C@@H](F)CCCC)cc2)nc1. The van der Waals surface area contributed by atoms with Crippen molar-refractivity contribution in [2.24, 2.45) is 0 Å². The summed E-state index contributed by atoms with van der Waals surface area (Å²) in [5.41, 5.74) is 0.861. The van der Waals surface area contributed by atoms with Gasteiger partial charge < -0.3 is 14.6 Å². The van der Waals surface area contributed by atoms with E-state index in [1.807, 2.05) is 24.3 Å². The standard InChI is InChI=1S/C24H35FN2O3/c1-3-5-7-9-21(28)18-30-23-16-26-24(27-17-23)19-10-12-22(13-11-19)29-15-14-20(25)8-6-4-2/h10-13,16-17,20-21,28H,3-9,14-15,18H2,1-2H3/t20-,21-/m0/s1. The van der Waals surface area contributed by atoms with Gasteiger partial charge >= 0.3 is 0 Å². The molecule has 2 atom stereocenters. The van der Waals surface area contributed by atoms with E-state index in [9.17, 15) is 9.50 Å². The van der Waals surface area contributed by atoms with Crippen LogP contribution < -0.4 is 9.47 Å². The van der Waals surface area contributed by atoms with Gasteiger partial charge in [-0.2, -0.15) is 0 Å². The molecule has 0 unspecified atom stereocenters. The first kappa shape index (κ1) is 24.1. The number of hydrogen-bond acceptors (Lipinski definition) is 5. The summed E-state index contributed by atoms with van der Waals surface area (Å²) in [4.78, 5) is 8.68. The molecular weight excluding hydrogens is 383 g/mol. The number of alkyl halides is 1. The van der Waals surface area contributed by atoms with Crippen LogP contribution in [0.1, 0.15) is 65.2 Å². The molecule has 166 valence electrons. The molecule has 1 N–H and O–H groups in total. The Bertz CT molecular complexity index is 695. The zero-order valence-electron chi connectivity index (χ0n) is 18.2. The summed E-state index contributed by atoms with van der Waals surface area (Å²) in [5, 5.41) is 9.93.